The summed E-state index contributed by atoms with van der Waals surface area (Å²) in [5, 5.41) is 0. The summed E-state index contributed by atoms with van der Waals surface area (Å²) in [6.45, 7) is 11.0. The van der Waals surface area contributed by atoms with Crippen molar-refractivity contribution in [1.29, 1.82) is 0 Å². The summed E-state index contributed by atoms with van der Waals surface area (Å²) in [6, 6.07) is 0. The van der Waals surface area contributed by atoms with Crippen LogP contribution in [-0.2, 0) is 0 Å². The predicted molar refractivity (Wildman–Crippen MR) is 99.1 cm³/mol. The predicted octanol–water partition coefficient (Wildman–Crippen LogP) is 7.37. The molecule has 0 bridgehead atoms. The maximum Gasteiger partial charge on any atom is 0.0406 e. The molecule has 0 saturated heterocycles. The molecule has 0 unspecified atom stereocenters. The van der Waals surface area contributed by atoms with Gasteiger partial charge in [-0.15, -0.1) is 11.6 Å². The fraction of sp³-hybridized carbons (Fsp3) is 0.600. The van der Waals surface area contributed by atoms with Crippen LogP contribution in [0.1, 0.15) is 73.1 Å². The average molecular weight is 309 g/mol. The van der Waals surface area contributed by atoms with Crippen molar-refractivity contribution >= 4 is 11.6 Å². The number of rotatable bonds is 10. The van der Waals surface area contributed by atoms with Crippen molar-refractivity contribution in [3.63, 3.8) is 0 Å². The van der Waals surface area contributed by atoms with Gasteiger partial charge in [-0.1, -0.05) is 46.6 Å². The Hall–Kier alpha value is -0.750. The van der Waals surface area contributed by atoms with E-state index in [1.807, 2.05) is 0 Å². The molecule has 0 atom stereocenters. The molecule has 0 aliphatic heterocycles. The third-order valence-electron chi connectivity index (χ3n) is 3.58. The fourth-order valence-corrected chi connectivity index (χ4v) is 2.38. The number of halogens is 1. The molecule has 0 rings (SSSR count). The van der Waals surface area contributed by atoms with Crippen molar-refractivity contribution in [3.05, 3.63) is 46.6 Å². The van der Waals surface area contributed by atoms with E-state index in [1.54, 1.807) is 0 Å². The molecule has 0 aliphatic rings. The van der Waals surface area contributed by atoms with Gasteiger partial charge in [-0.2, -0.15) is 0 Å². The molecule has 0 aromatic rings. The zero-order valence-corrected chi connectivity index (χ0v) is 15.4. The van der Waals surface area contributed by atoms with Crippen LogP contribution in [0.4, 0.5) is 0 Å². The summed E-state index contributed by atoms with van der Waals surface area (Å²) >= 11 is 5.69. The lowest BCUT2D eigenvalue weighted by Gasteiger charge is -2.02. The Morgan fingerprint density at radius 2 is 1.00 bits per heavy atom. The van der Waals surface area contributed by atoms with E-state index in [1.165, 1.54) is 48.0 Å². The van der Waals surface area contributed by atoms with E-state index in [9.17, 15) is 0 Å². The fourth-order valence-electron chi connectivity index (χ4n) is 2.12. The van der Waals surface area contributed by atoms with E-state index in [-0.39, 0.29) is 0 Å². The number of allylic oxidation sites excluding steroid dienone is 8. The molecular formula is C20H33Cl. The van der Waals surface area contributed by atoms with Gasteiger partial charge in [-0.05, 0) is 73.1 Å². The Balaban J connectivity index is 3.93. The molecule has 0 fully saturated rings. The van der Waals surface area contributed by atoms with E-state index in [0.29, 0.717) is 5.88 Å². The van der Waals surface area contributed by atoms with Gasteiger partial charge < -0.3 is 0 Å². The molecule has 0 radical (unpaired) electrons. The zero-order valence-electron chi connectivity index (χ0n) is 14.6. The first kappa shape index (κ1) is 20.2. The molecule has 0 heterocycles. The third-order valence-corrected chi connectivity index (χ3v) is 3.73. The van der Waals surface area contributed by atoms with Crippen molar-refractivity contribution in [2.24, 2.45) is 0 Å². The average Bonchev–Trinajstić information content (AvgIpc) is 2.38. The van der Waals surface area contributed by atoms with E-state index in [4.69, 9.17) is 11.6 Å². The van der Waals surface area contributed by atoms with E-state index >= 15 is 0 Å². The summed E-state index contributed by atoms with van der Waals surface area (Å²) in [7, 11) is 0. The second-order valence-electron chi connectivity index (χ2n) is 6.20. The Morgan fingerprint density at radius 3 is 1.38 bits per heavy atom. The van der Waals surface area contributed by atoms with E-state index < -0.39 is 0 Å². The first-order valence-electron chi connectivity index (χ1n) is 8.12. The molecule has 0 aromatic carbocycles. The molecule has 0 aromatic heterocycles. The highest BCUT2D eigenvalue weighted by Crippen LogP contribution is 2.13. The minimum absolute atomic E-state index is 0.630. The topological polar surface area (TPSA) is 0 Å². The zero-order chi connectivity index (χ0) is 16.1. The first-order valence-corrected chi connectivity index (χ1v) is 8.65. The molecule has 1 heteroatoms. The highest BCUT2D eigenvalue weighted by atomic mass is 35.5. The molecule has 0 amide bonds. The molecule has 0 aliphatic carbocycles. The quantitative estimate of drug-likeness (QED) is 0.292. The van der Waals surface area contributed by atoms with Gasteiger partial charge in [0.2, 0.25) is 0 Å². The highest BCUT2D eigenvalue weighted by molar-refractivity contribution is 6.18. The van der Waals surface area contributed by atoms with Crippen LogP contribution in [0.25, 0.3) is 0 Å². The minimum Gasteiger partial charge on any atom is -0.122 e. The second-order valence-corrected chi connectivity index (χ2v) is 6.51. The van der Waals surface area contributed by atoms with Crippen LogP contribution < -0.4 is 0 Å². The number of alkyl halides is 1. The normalized spacial score (nSPS) is 13.5. The molecule has 0 spiro atoms. The second kappa shape index (κ2) is 13.0. The van der Waals surface area contributed by atoms with Crippen LogP contribution >= 0.6 is 11.6 Å². The minimum atomic E-state index is 0.630. The first-order chi connectivity index (χ1) is 9.95. The van der Waals surface area contributed by atoms with Gasteiger partial charge in [0.25, 0.3) is 0 Å². The van der Waals surface area contributed by atoms with Gasteiger partial charge in [0, 0.05) is 5.88 Å². The Morgan fingerprint density at radius 1 is 0.619 bits per heavy atom. The lowest BCUT2D eigenvalue weighted by molar-refractivity contribution is 0.899. The molecular weight excluding hydrogens is 276 g/mol. The van der Waals surface area contributed by atoms with Gasteiger partial charge in [-0.25, -0.2) is 0 Å². The summed E-state index contributed by atoms with van der Waals surface area (Å²) < 4.78 is 0. The Labute approximate surface area is 137 Å². The molecule has 0 N–H and O–H groups in total. The lowest BCUT2D eigenvalue weighted by Crippen LogP contribution is -1.82. The summed E-state index contributed by atoms with van der Waals surface area (Å²) in [6.07, 6.45) is 16.2. The van der Waals surface area contributed by atoms with Crippen molar-refractivity contribution in [2.45, 2.75) is 73.1 Å². The van der Waals surface area contributed by atoms with Gasteiger partial charge in [0.1, 0.15) is 0 Å². The third kappa shape index (κ3) is 14.0. The Kier molecular flexibility index (Phi) is 12.5. The van der Waals surface area contributed by atoms with Crippen LogP contribution in [0.15, 0.2) is 46.6 Å². The van der Waals surface area contributed by atoms with Crippen molar-refractivity contribution in [3.8, 4) is 0 Å². The standard InChI is InChI=1S/C20H33Cl/c1-17(2)9-6-10-18(3)11-7-12-19(4)13-8-14-20(5)15-16-21/h9,11,13,15H,6-8,10,12,14,16H2,1-5H3/b18-11+,19-13+,20-15+. The van der Waals surface area contributed by atoms with Crippen molar-refractivity contribution in [2.75, 3.05) is 5.88 Å². The van der Waals surface area contributed by atoms with Gasteiger partial charge in [0.15, 0.2) is 0 Å². The number of hydrogen-bond donors (Lipinski definition) is 0. The maximum atomic E-state index is 5.69. The molecule has 120 valence electrons. The van der Waals surface area contributed by atoms with Crippen molar-refractivity contribution in [1.82, 2.24) is 0 Å². The van der Waals surface area contributed by atoms with E-state index in [2.05, 4.69) is 58.9 Å². The van der Waals surface area contributed by atoms with Crippen LogP contribution in [0.2, 0.25) is 0 Å². The molecule has 21 heavy (non-hydrogen) atoms. The van der Waals surface area contributed by atoms with Crippen LogP contribution in [0.5, 0.6) is 0 Å². The van der Waals surface area contributed by atoms with Gasteiger partial charge in [0.05, 0.1) is 0 Å². The van der Waals surface area contributed by atoms with Gasteiger partial charge in [-0.3, -0.25) is 0 Å². The summed E-state index contributed by atoms with van der Waals surface area (Å²) in [5.74, 6) is 0.630. The molecule has 0 nitrogen and oxygen atoms in total. The summed E-state index contributed by atoms with van der Waals surface area (Å²) in [5.41, 5.74) is 5.83. The number of hydrogen-bond acceptors (Lipinski definition) is 0. The Bertz CT molecular complexity index is 390. The SMILES string of the molecule is CC(C)=CCC/C(C)=C/CC/C(C)=C/CC/C(C)=C/CCl. The smallest absolute Gasteiger partial charge is 0.0406 e. The van der Waals surface area contributed by atoms with Crippen LogP contribution in [-0.4, -0.2) is 5.88 Å². The largest absolute Gasteiger partial charge is 0.122 e. The van der Waals surface area contributed by atoms with Crippen LogP contribution in [0, 0.1) is 0 Å². The van der Waals surface area contributed by atoms with Gasteiger partial charge >= 0.3 is 0 Å². The van der Waals surface area contributed by atoms with E-state index in [0.717, 1.165) is 12.8 Å². The molecule has 0 saturated carbocycles. The lowest BCUT2D eigenvalue weighted by atomic mass is 10.0. The van der Waals surface area contributed by atoms with Crippen molar-refractivity contribution < 1.29 is 0 Å². The highest BCUT2D eigenvalue weighted by Gasteiger charge is 1.93. The summed E-state index contributed by atoms with van der Waals surface area (Å²) in [4.78, 5) is 0. The monoisotopic (exact) mass is 308 g/mol. The van der Waals surface area contributed by atoms with Crippen LogP contribution in [0.3, 0.4) is 0 Å². The maximum absolute atomic E-state index is 5.69.